The molecule has 0 radical (unpaired) electrons. The molecule has 4 rings (SSSR count). The molecule has 0 unspecified atom stereocenters. The summed E-state index contributed by atoms with van der Waals surface area (Å²) in [6.45, 7) is 5.59. The summed E-state index contributed by atoms with van der Waals surface area (Å²) in [7, 11) is 0. The highest BCUT2D eigenvalue weighted by molar-refractivity contribution is 6.04. The Morgan fingerprint density at radius 1 is 1.03 bits per heavy atom. The first-order valence-corrected chi connectivity index (χ1v) is 10.4. The number of carbonyl (C=O) groups is 1. The molecule has 3 aromatic rings. The van der Waals surface area contributed by atoms with E-state index in [2.05, 4.69) is 5.10 Å². The molecule has 0 atom stereocenters. The van der Waals surface area contributed by atoms with Crippen LogP contribution in [-0.2, 0) is 12.7 Å². The Morgan fingerprint density at radius 2 is 1.69 bits per heavy atom. The summed E-state index contributed by atoms with van der Waals surface area (Å²) in [4.78, 5) is 29.4. The van der Waals surface area contributed by atoms with Crippen molar-refractivity contribution in [2.24, 2.45) is 0 Å². The largest absolute Gasteiger partial charge is 0.416 e. The summed E-state index contributed by atoms with van der Waals surface area (Å²) in [5, 5.41) is 5.28. The fourth-order valence-corrected chi connectivity index (χ4v) is 4.09. The number of benzene rings is 2. The van der Waals surface area contributed by atoms with Gasteiger partial charge in [-0.2, -0.15) is 18.3 Å². The number of alkyl halides is 3. The lowest BCUT2D eigenvalue weighted by Gasteiger charge is -2.37. The Hall–Kier alpha value is -3.36. The number of anilines is 1. The number of hydrogen-bond donors (Lipinski definition) is 0. The number of aromatic nitrogens is 2. The maximum atomic E-state index is 13.3. The van der Waals surface area contributed by atoms with Crippen LogP contribution < -0.4 is 10.5 Å². The van der Waals surface area contributed by atoms with Gasteiger partial charge in [-0.25, -0.2) is 4.68 Å². The second-order valence-corrected chi connectivity index (χ2v) is 7.79. The number of fused-ring (bicyclic) bond motifs is 1. The average molecular weight is 444 g/mol. The van der Waals surface area contributed by atoms with Gasteiger partial charge in [0, 0.05) is 43.8 Å². The molecule has 32 heavy (non-hydrogen) atoms. The van der Waals surface area contributed by atoms with Crippen LogP contribution in [0.25, 0.3) is 10.8 Å². The third-order valence-electron chi connectivity index (χ3n) is 5.80. The molecule has 1 aromatic heterocycles. The van der Waals surface area contributed by atoms with E-state index in [1.165, 1.54) is 10.7 Å². The van der Waals surface area contributed by atoms with Crippen molar-refractivity contribution in [1.29, 1.82) is 0 Å². The van der Waals surface area contributed by atoms with E-state index in [0.717, 1.165) is 17.8 Å². The van der Waals surface area contributed by atoms with Crippen LogP contribution >= 0.6 is 0 Å². The van der Waals surface area contributed by atoms with Crippen LogP contribution in [0.3, 0.4) is 0 Å². The summed E-state index contributed by atoms with van der Waals surface area (Å²) in [5.41, 5.74) is 0.607. The van der Waals surface area contributed by atoms with E-state index in [-0.39, 0.29) is 17.2 Å². The molecule has 2 heterocycles. The van der Waals surface area contributed by atoms with E-state index in [1.54, 1.807) is 43.0 Å². The highest BCUT2D eigenvalue weighted by Crippen LogP contribution is 2.33. The van der Waals surface area contributed by atoms with Crippen LogP contribution in [-0.4, -0.2) is 46.8 Å². The number of nitrogens with zero attached hydrogens (tertiary/aromatic N) is 4. The monoisotopic (exact) mass is 444 g/mol. The molecule has 0 N–H and O–H groups in total. The van der Waals surface area contributed by atoms with Crippen LogP contribution in [0, 0.1) is 6.92 Å². The van der Waals surface area contributed by atoms with Gasteiger partial charge in [0.2, 0.25) is 0 Å². The van der Waals surface area contributed by atoms with Gasteiger partial charge in [-0.1, -0.05) is 18.2 Å². The summed E-state index contributed by atoms with van der Waals surface area (Å²) in [6.07, 6.45) is -4.38. The molecule has 1 aliphatic heterocycles. The normalized spacial score (nSPS) is 14.8. The molecule has 1 saturated heterocycles. The molecule has 0 aliphatic carbocycles. The summed E-state index contributed by atoms with van der Waals surface area (Å²) in [5.74, 6) is -0.257. The number of aryl methyl sites for hydroxylation is 2. The maximum absolute atomic E-state index is 13.3. The molecule has 1 amide bonds. The quantitative estimate of drug-likeness (QED) is 0.618. The summed E-state index contributed by atoms with van der Waals surface area (Å²) in [6, 6.07) is 10.7. The van der Waals surface area contributed by atoms with Gasteiger partial charge in [0.25, 0.3) is 11.5 Å². The number of rotatable bonds is 3. The van der Waals surface area contributed by atoms with Crippen molar-refractivity contribution in [2.75, 3.05) is 31.1 Å². The molecular weight excluding hydrogens is 421 g/mol. The van der Waals surface area contributed by atoms with Crippen LogP contribution in [0.4, 0.5) is 18.9 Å². The Morgan fingerprint density at radius 3 is 2.28 bits per heavy atom. The van der Waals surface area contributed by atoms with Crippen LogP contribution in [0.15, 0.2) is 47.3 Å². The lowest BCUT2D eigenvalue weighted by molar-refractivity contribution is -0.137. The number of carbonyl (C=O) groups excluding carboxylic acids is 1. The first-order valence-electron chi connectivity index (χ1n) is 10.4. The minimum atomic E-state index is -4.38. The molecule has 0 spiro atoms. The zero-order valence-corrected chi connectivity index (χ0v) is 17.8. The second-order valence-electron chi connectivity index (χ2n) is 7.79. The molecule has 1 aliphatic rings. The van der Waals surface area contributed by atoms with E-state index in [9.17, 15) is 22.8 Å². The molecule has 6 nitrogen and oxygen atoms in total. The fraction of sp³-hybridized carbons (Fsp3) is 0.348. The molecule has 0 saturated carbocycles. The number of amides is 1. The van der Waals surface area contributed by atoms with E-state index in [1.807, 2.05) is 4.90 Å². The lowest BCUT2D eigenvalue weighted by Crippen LogP contribution is -2.49. The molecule has 1 fully saturated rings. The van der Waals surface area contributed by atoms with Crippen LogP contribution in [0.2, 0.25) is 0 Å². The van der Waals surface area contributed by atoms with E-state index in [0.29, 0.717) is 49.1 Å². The second kappa shape index (κ2) is 8.29. The van der Waals surface area contributed by atoms with Gasteiger partial charge in [0.1, 0.15) is 0 Å². The van der Waals surface area contributed by atoms with Crippen LogP contribution in [0.1, 0.15) is 28.5 Å². The fourth-order valence-electron chi connectivity index (χ4n) is 4.09. The summed E-state index contributed by atoms with van der Waals surface area (Å²) < 4.78 is 40.1. The van der Waals surface area contributed by atoms with E-state index in [4.69, 9.17) is 0 Å². The Kier molecular flexibility index (Phi) is 5.66. The lowest BCUT2D eigenvalue weighted by atomic mass is 10.1. The van der Waals surface area contributed by atoms with Crippen molar-refractivity contribution in [3.8, 4) is 0 Å². The Bertz CT molecular complexity index is 1230. The first-order chi connectivity index (χ1) is 15.2. The van der Waals surface area contributed by atoms with Crippen molar-refractivity contribution in [1.82, 2.24) is 14.7 Å². The predicted octanol–water partition coefficient (Wildman–Crippen LogP) is 3.71. The molecule has 2 aromatic carbocycles. The highest BCUT2D eigenvalue weighted by atomic mass is 19.4. The highest BCUT2D eigenvalue weighted by Gasteiger charge is 2.31. The van der Waals surface area contributed by atoms with E-state index < -0.39 is 11.7 Å². The van der Waals surface area contributed by atoms with Gasteiger partial charge in [-0.3, -0.25) is 9.59 Å². The smallest absolute Gasteiger partial charge is 0.368 e. The number of hydrogen-bond acceptors (Lipinski definition) is 4. The van der Waals surface area contributed by atoms with Crippen LogP contribution in [0.5, 0.6) is 0 Å². The maximum Gasteiger partial charge on any atom is 0.416 e. The van der Waals surface area contributed by atoms with Crippen molar-refractivity contribution < 1.29 is 18.0 Å². The molecular formula is C23H23F3N4O2. The third kappa shape index (κ3) is 3.94. The van der Waals surface area contributed by atoms with E-state index >= 15 is 0 Å². The zero-order chi connectivity index (χ0) is 23.0. The van der Waals surface area contributed by atoms with Gasteiger partial charge in [-0.05, 0) is 43.7 Å². The molecule has 0 bridgehead atoms. The van der Waals surface area contributed by atoms with Gasteiger partial charge in [0.15, 0.2) is 5.69 Å². The number of piperazine rings is 1. The SMILES string of the molecule is CCn1nc(C(=O)N2CCN(c3ccc(C(F)(F)F)cc3C)CC2)c2ccccc2c1=O. The van der Waals surface area contributed by atoms with Crippen molar-refractivity contribution in [3.05, 3.63) is 69.6 Å². The third-order valence-corrected chi connectivity index (χ3v) is 5.80. The minimum absolute atomic E-state index is 0.234. The standard InChI is InChI=1S/C23H23F3N4O2/c1-3-30-21(31)18-7-5-4-6-17(18)20(27-30)22(32)29-12-10-28(11-13-29)19-9-8-16(14-15(19)2)23(24,25)26/h4-9,14H,3,10-13H2,1-2H3. The van der Waals surface area contributed by atoms with Crippen molar-refractivity contribution in [3.63, 3.8) is 0 Å². The average Bonchev–Trinajstić information content (AvgIpc) is 2.78. The topological polar surface area (TPSA) is 58.4 Å². The van der Waals surface area contributed by atoms with Crippen molar-refractivity contribution >= 4 is 22.4 Å². The van der Waals surface area contributed by atoms with Crippen molar-refractivity contribution in [2.45, 2.75) is 26.6 Å². The van der Waals surface area contributed by atoms with Gasteiger partial charge >= 0.3 is 6.18 Å². The van der Waals surface area contributed by atoms with Gasteiger partial charge < -0.3 is 9.80 Å². The van der Waals surface area contributed by atoms with Gasteiger partial charge in [-0.15, -0.1) is 0 Å². The first kappa shape index (κ1) is 21.9. The molecule has 9 heteroatoms. The Labute approximate surface area is 182 Å². The zero-order valence-electron chi connectivity index (χ0n) is 17.8. The predicted molar refractivity (Wildman–Crippen MR) is 116 cm³/mol. The number of halogens is 3. The summed E-state index contributed by atoms with van der Waals surface area (Å²) >= 11 is 0. The molecule has 168 valence electrons. The Balaban J connectivity index is 1.55. The minimum Gasteiger partial charge on any atom is -0.368 e. The van der Waals surface area contributed by atoms with Gasteiger partial charge in [0.05, 0.1) is 10.9 Å².